The van der Waals surface area contributed by atoms with E-state index in [1.165, 1.54) is 24.3 Å². The van der Waals surface area contributed by atoms with Crippen LogP contribution in [0.5, 0.6) is 0 Å². The van der Waals surface area contributed by atoms with Gasteiger partial charge in [0.15, 0.2) is 5.96 Å². The molecule has 3 N–H and O–H groups in total. The Morgan fingerprint density at radius 3 is 2.59 bits per heavy atom. The molecule has 1 aromatic carbocycles. The predicted molar refractivity (Wildman–Crippen MR) is 115 cm³/mol. The normalized spacial score (nSPS) is 16.5. The van der Waals surface area contributed by atoms with Gasteiger partial charge in [-0.1, -0.05) is 6.92 Å². The van der Waals surface area contributed by atoms with Crippen molar-refractivity contribution in [3.05, 3.63) is 30.1 Å². The van der Waals surface area contributed by atoms with Crippen LogP contribution in [-0.2, 0) is 9.59 Å². The standard InChI is InChI=1S/C18H26FN5O2.HI/c1-3-17(26)24-10-9-15(12-24)23-18(20-4-2)21-11-16(25)22-14-7-5-13(19)6-8-14;/h5-8,15H,3-4,9-12H2,1-2H3,(H,22,25)(H2,20,21,23);1H. The van der Waals surface area contributed by atoms with E-state index in [1.54, 1.807) is 0 Å². The number of amides is 2. The van der Waals surface area contributed by atoms with Crippen LogP contribution in [0.1, 0.15) is 26.7 Å². The molecule has 0 aromatic heterocycles. The molecule has 9 heteroatoms. The molecule has 0 radical (unpaired) electrons. The van der Waals surface area contributed by atoms with Gasteiger partial charge in [0.1, 0.15) is 12.4 Å². The highest BCUT2D eigenvalue weighted by atomic mass is 127. The number of carbonyl (C=O) groups is 2. The Hall–Kier alpha value is -1.91. The van der Waals surface area contributed by atoms with Crippen molar-refractivity contribution in [2.24, 2.45) is 4.99 Å². The van der Waals surface area contributed by atoms with Gasteiger partial charge in [-0.2, -0.15) is 0 Å². The summed E-state index contributed by atoms with van der Waals surface area (Å²) >= 11 is 0. The van der Waals surface area contributed by atoms with Gasteiger partial charge < -0.3 is 20.9 Å². The minimum atomic E-state index is -0.355. The molecule has 7 nitrogen and oxygen atoms in total. The van der Waals surface area contributed by atoms with Gasteiger partial charge in [-0.3, -0.25) is 9.59 Å². The van der Waals surface area contributed by atoms with Crippen molar-refractivity contribution in [3.63, 3.8) is 0 Å². The largest absolute Gasteiger partial charge is 0.357 e. The predicted octanol–water partition coefficient (Wildman–Crippen LogP) is 1.95. The molecule has 1 unspecified atom stereocenters. The average Bonchev–Trinajstić information content (AvgIpc) is 3.10. The molecule has 0 spiro atoms. The van der Waals surface area contributed by atoms with E-state index >= 15 is 0 Å². The molecule has 0 aliphatic carbocycles. The van der Waals surface area contributed by atoms with E-state index in [0.29, 0.717) is 31.2 Å². The number of benzene rings is 1. The summed E-state index contributed by atoms with van der Waals surface area (Å²) in [6.07, 6.45) is 1.35. The van der Waals surface area contributed by atoms with Crippen molar-refractivity contribution in [1.29, 1.82) is 0 Å². The van der Waals surface area contributed by atoms with Crippen LogP contribution in [0.3, 0.4) is 0 Å². The highest BCUT2D eigenvalue weighted by molar-refractivity contribution is 14.0. The lowest BCUT2D eigenvalue weighted by Crippen LogP contribution is -2.45. The number of nitrogens with zero attached hydrogens (tertiary/aromatic N) is 2. The fraction of sp³-hybridized carbons (Fsp3) is 0.500. The number of likely N-dealkylation sites (tertiary alicyclic amines) is 1. The van der Waals surface area contributed by atoms with Crippen LogP contribution in [0, 0.1) is 5.82 Å². The van der Waals surface area contributed by atoms with Gasteiger partial charge >= 0.3 is 0 Å². The Morgan fingerprint density at radius 1 is 1.26 bits per heavy atom. The molecule has 2 amide bonds. The van der Waals surface area contributed by atoms with Crippen molar-refractivity contribution in [2.45, 2.75) is 32.7 Å². The van der Waals surface area contributed by atoms with Gasteiger partial charge in [0, 0.05) is 37.8 Å². The minimum absolute atomic E-state index is 0. The molecule has 1 aromatic rings. The van der Waals surface area contributed by atoms with Crippen LogP contribution < -0.4 is 16.0 Å². The zero-order valence-corrected chi connectivity index (χ0v) is 18.0. The summed E-state index contributed by atoms with van der Waals surface area (Å²) in [6.45, 7) is 5.77. The molecule has 0 saturated carbocycles. The SMILES string of the molecule is CCNC(=NCC(=O)Nc1ccc(F)cc1)NC1CCN(C(=O)CC)C1.I. The number of nitrogens with one attached hydrogen (secondary N) is 3. The molecule has 1 aliphatic heterocycles. The van der Waals surface area contributed by atoms with Crippen LogP contribution in [0.15, 0.2) is 29.3 Å². The lowest BCUT2D eigenvalue weighted by Gasteiger charge is -2.18. The first-order valence-electron chi connectivity index (χ1n) is 8.89. The Morgan fingerprint density at radius 2 is 1.96 bits per heavy atom. The van der Waals surface area contributed by atoms with E-state index in [0.717, 1.165) is 13.0 Å². The summed E-state index contributed by atoms with van der Waals surface area (Å²) in [7, 11) is 0. The molecule has 1 aliphatic rings. The molecule has 1 saturated heterocycles. The number of aliphatic imine (C=N–C) groups is 1. The zero-order chi connectivity index (χ0) is 18.9. The van der Waals surface area contributed by atoms with E-state index in [-0.39, 0.29) is 54.2 Å². The third-order valence-corrected chi connectivity index (χ3v) is 4.04. The highest BCUT2D eigenvalue weighted by Gasteiger charge is 2.25. The number of anilines is 1. The molecule has 1 atom stereocenters. The van der Waals surface area contributed by atoms with E-state index in [1.807, 2.05) is 18.7 Å². The number of halogens is 2. The topological polar surface area (TPSA) is 85.8 Å². The Kier molecular flexibility index (Phi) is 10.0. The van der Waals surface area contributed by atoms with Crippen molar-refractivity contribution in [1.82, 2.24) is 15.5 Å². The van der Waals surface area contributed by atoms with Crippen molar-refractivity contribution in [3.8, 4) is 0 Å². The maximum Gasteiger partial charge on any atom is 0.246 e. The zero-order valence-electron chi connectivity index (χ0n) is 15.6. The summed E-state index contributed by atoms with van der Waals surface area (Å²) in [5, 5.41) is 9.04. The second-order valence-electron chi connectivity index (χ2n) is 6.07. The van der Waals surface area contributed by atoms with Crippen molar-refractivity contribution in [2.75, 3.05) is 31.5 Å². The molecule has 27 heavy (non-hydrogen) atoms. The van der Waals surface area contributed by atoms with E-state index in [9.17, 15) is 14.0 Å². The quantitative estimate of drug-likeness (QED) is 0.323. The third kappa shape index (κ3) is 7.69. The summed E-state index contributed by atoms with van der Waals surface area (Å²) in [5.74, 6) is 0.0438. The Bertz CT molecular complexity index is 654. The van der Waals surface area contributed by atoms with Gasteiger partial charge in [-0.15, -0.1) is 24.0 Å². The summed E-state index contributed by atoms with van der Waals surface area (Å²) < 4.78 is 12.9. The maximum absolute atomic E-state index is 12.9. The molecule has 1 heterocycles. The van der Waals surface area contributed by atoms with Gasteiger partial charge in [0.05, 0.1) is 0 Å². The first-order valence-corrected chi connectivity index (χ1v) is 8.89. The summed E-state index contributed by atoms with van der Waals surface area (Å²) in [5.41, 5.74) is 0.522. The number of hydrogen-bond acceptors (Lipinski definition) is 3. The maximum atomic E-state index is 12.9. The monoisotopic (exact) mass is 491 g/mol. The molecule has 150 valence electrons. The summed E-state index contributed by atoms with van der Waals surface area (Å²) in [4.78, 5) is 29.9. The van der Waals surface area contributed by atoms with Crippen molar-refractivity contribution >= 4 is 47.4 Å². The van der Waals surface area contributed by atoms with E-state index in [4.69, 9.17) is 0 Å². The fourth-order valence-electron chi connectivity index (χ4n) is 2.73. The first kappa shape index (κ1) is 23.1. The lowest BCUT2D eigenvalue weighted by molar-refractivity contribution is -0.129. The minimum Gasteiger partial charge on any atom is -0.357 e. The molecular weight excluding hydrogens is 464 g/mol. The van der Waals surface area contributed by atoms with Crippen molar-refractivity contribution < 1.29 is 14.0 Å². The second-order valence-corrected chi connectivity index (χ2v) is 6.07. The average molecular weight is 491 g/mol. The highest BCUT2D eigenvalue weighted by Crippen LogP contribution is 2.10. The molecule has 2 rings (SSSR count). The first-order chi connectivity index (χ1) is 12.5. The van der Waals surface area contributed by atoms with E-state index < -0.39 is 0 Å². The summed E-state index contributed by atoms with van der Waals surface area (Å²) in [6, 6.07) is 5.68. The van der Waals surface area contributed by atoms with Gasteiger partial charge in [-0.05, 0) is 37.6 Å². The number of hydrogen-bond donors (Lipinski definition) is 3. The smallest absolute Gasteiger partial charge is 0.246 e. The molecular formula is C18H27FIN5O2. The number of carbonyl (C=O) groups excluding carboxylic acids is 2. The third-order valence-electron chi connectivity index (χ3n) is 4.04. The van der Waals surface area contributed by atoms with Crippen LogP contribution in [0.25, 0.3) is 0 Å². The van der Waals surface area contributed by atoms with E-state index in [2.05, 4.69) is 20.9 Å². The number of rotatable bonds is 6. The Balaban J connectivity index is 0.00000364. The van der Waals surface area contributed by atoms with Crippen LogP contribution >= 0.6 is 24.0 Å². The lowest BCUT2D eigenvalue weighted by atomic mass is 10.3. The van der Waals surface area contributed by atoms with Crippen LogP contribution in [0.4, 0.5) is 10.1 Å². The van der Waals surface area contributed by atoms with Crippen LogP contribution in [-0.4, -0.2) is 54.9 Å². The molecule has 1 fully saturated rings. The van der Waals surface area contributed by atoms with Gasteiger partial charge in [-0.25, -0.2) is 9.38 Å². The van der Waals surface area contributed by atoms with Gasteiger partial charge in [0.2, 0.25) is 11.8 Å². The van der Waals surface area contributed by atoms with Gasteiger partial charge in [0.25, 0.3) is 0 Å². The second kappa shape index (κ2) is 11.7. The van der Waals surface area contributed by atoms with Crippen LogP contribution in [0.2, 0.25) is 0 Å². The fourth-order valence-corrected chi connectivity index (χ4v) is 2.73. The molecule has 0 bridgehead atoms. The Labute approximate surface area is 176 Å². The number of guanidine groups is 1.